The molecule has 1 saturated heterocycles. The molecule has 2 N–H and O–H groups in total. The molecule has 212 valence electrons. The molecule has 1 aromatic rings. The average molecular weight is 542 g/mol. The van der Waals surface area contributed by atoms with Gasteiger partial charge in [-0.25, -0.2) is 9.78 Å². The summed E-state index contributed by atoms with van der Waals surface area (Å²) in [5, 5.41) is 13.0. The van der Waals surface area contributed by atoms with Gasteiger partial charge >= 0.3 is 5.97 Å². The SMILES string of the molecule is CC1=C\[C@@H](O)CC(=O)Cc2nc(co2)C(=O)N2CCC(C)[C@@H]2C(=O)O[C@H](C(C)C)[C@H](C)/C=C/C(=O)NC\C=C\1. The number of aliphatic hydroxyl groups is 1. The van der Waals surface area contributed by atoms with Crippen LogP contribution in [0.15, 0.2) is 46.6 Å². The monoisotopic (exact) mass is 541 g/mol. The van der Waals surface area contributed by atoms with E-state index < -0.39 is 30.1 Å². The van der Waals surface area contributed by atoms with Crippen LogP contribution < -0.4 is 5.32 Å². The highest BCUT2D eigenvalue weighted by Gasteiger charge is 2.43. The molecular weight excluding hydrogens is 502 g/mol. The van der Waals surface area contributed by atoms with E-state index in [1.807, 2.05) is 27.7 Å². The molecule has 0 spiro atoms. The number of hydrogen-bond donors (Lipinski definition) is 2. The van der Waals surface area contributed by atoms with Gasteiger partial charge in [-0.15, -0.1) is 0 Å². The fourth-order valence-electron chi connectivity index (χ4n) is 4.93. The van der Waals surface area contributed by atoms with E-state index in [-0.39, 0.29) is 60.4 Å². The number of nitrogens with zero attached hydrogens (tertiary/aromatic N) is 2. The van der Waals surface area contributed by atoms with E-state index in [0.29, 0.717) is 13.0 Å². The maximum atomic E-state index is 13.4. The molecule has 2 bridgehead atoms. The lowest BCUT2D eigenvalue weighted by Crippen LogP contribution is -2.46. The topological polar surface area (TPSA) is 139 Å². The van der Waals surface area contributed by atoms with Gasteiger partial charge in [-0.2, -0.15) is 0 Å². The molecule has 5 atom stereocenters. The highest BCUT2D eigenvalue weighted by molar-refractivity contribution is 5.95. The van der Waals surface area contributed by atoms with E-state index in [1.165, 1.54) is 17.2 Å². The van der Waals surface area contributed by atoms with Crippen LogP contribution in [0.2, 0.25) is 0 Å². The number of carbonyl (C=O) groups is 4. The maximum Gasteiger partial charge on any atom is 0.329 e. The minimum absolute atomic E-state index is 0.00670. The highest BCUT2D eigenvalue weighted by Crippen LogP contribution is 2.29. The summed E-state index contributed by atoms with van der Waals surface area (Å²) in [6, 6.07) is -0.793. The number of cyclic esters (lactones) is 1. The molecule has 2 aliphatic rings. The van der Waals surface area contributed by atoms with Crippen LogP contribution in [-0.2, 0) is 25.5 Å². The zero-order chi connectivity index (χ0) is 28.7. The highest BCUT2D eigenvalue weighted by atomic mass is 16.5. The number of esters is 1. The average Bonchev–Trinajstić information content (AvgIpc) is 3.48. The summed E-state index contributed by atoms with van der Waals surface area (Å²) in [5.74, 6) is -1.92. The van der Waals surface area contributed by atoms with E-state index in [2.05, 4.69) is 10.3 Å². The van der Waals surface area contributed by atoms with Crippen molar-refractivity contribution in [3.63, 3.8) is 0 Å². The van der Waals surface area contributed by atoms with Gasteiger partial charge in [-0.05, 0) is 31.3 Å². The zero-order valence-electron chi connectivity index (χ0n) is 23.3. The number of hydrogen-bond acceptors (Lipinski definition) is 8. The van der Waals surface area contributed by atoms with Gasteiger partial charge in [-0.3, -0.25) is 14.4 Å². The molecule has 0 radical (unpaired) electrons. The van der Waals surface area contributed by atoms with Gasteiger partial charge in [0.05, 0.1) is 12.5 Å². The lowest BCUT2D eigenvalue weighted by Gasteiger charge is -2.30. The van der Waals surface area contributed by atoms with E-state index in [4.69, 9.17) is 9.15 Å². The minimum Gasteiger partial charge on any atom is -0.460 e. The number of oxazole rings is 1. The Bertz CT molecular complexity index is 1150. The number of aliphatic hydroxyl groups excluding tert-OH is 1. The van der Waals surface area contributed by atoms with Crippen molar-refractivity contribution in [2.75, 3.05) is 13.1 Å². The number of nitrogens with one attached hydrogen (secondary N) is 1. The second-order valence-corrected chi connectivity index (χ2v) is 10.7. The molecule has 0 aliphatic carbocycles. The van der Waals surface area contributed by atoms with E-state index >= 15 is 0 Å². The molecule has 10 nitrogen and oxygen atoms in total. The number of amides is 2. The molecule has 0 aromatic carbocycles. The van der Waals surface area contributed by atoms with Gasteiger partial charge in [0.1, 0.15) is 24.2 Å². The summed E-state index contributed by atoms with van der Waals surface area (Å²) in [6.45, 7) is 10.1. The minimum atomic E-state index is -1.01. The zero-order valence-corrected chi connectivity index (χ0v) is 23.3. The van der Waals surface area contributed by atoms with Gasteiger partial charge in [-0.1, -0.05) is 57.6 Å². The smallest absolute Gasteiger partial charge is 0.329 e. The van der Waals surface area contributed by atoms with Crippen LogP contribution in [0.3, 0.4) is 0 Å². The van der Waals surface area contributed by atoms with Crippen molar-refractivity contribution in [2.24, 2.45) is 17.8 Å². The van der Waals surface area contributed by atoms with Crippen molar-refractivity contribution in [1.29, 1.82) is 0 Å². The third-order valence-electron chi connectivity index (χ3n) is 6.97. The van der Waals surface area contributed by atoms with Crippen molar-refractivity contribution in [2.45, 2.75) is 72.1 Å². The van der Waals surface area contributed by atoms with Gasteiger partial charge in [0.25, 0.3) is 5.91 Å². The number of rotatable bonds is 1. The maximum absolute atomic E-state index is 13.4. The Hall–Kier alpha value is -3.53. The first-order valence-electron chi connectivity index (χ1n) is 13.4. The van der Waals surface area contributed by atoms with Crippen molar-refractivity contribution in [1.82, 2.24) is 15.2 Å². The quantitative estimate of drug-likeness (QED) is 0.518. The van der Waals surface area contributed by atoms with E-state index in [9.17, 15) is 24.3 Å². The van der Waals surface area contributed by atoms with Crippen LogP contribution in [0, 0.1) is 17.8 Å². The van der Waals surface area contributed by atoms with Crippen LogP contribution in [0.5, 0.6) is 0 Å². The first-order chi connectivity index (χ1) is 18.5. The Morgan fingerprint density at radius 2 is 1.90 bits per heavy atom. The van der Waals surface area contributed by atoms with Crippen LogP contribution in [0.1, 0.15) is 63.8 Å². The second kappa shape index (κ2) is 13.5. The molecule has 1 unspecified atom stereocenters. The predicted octanol–water partition coefficient (Wildman–Crippen LogP) is 2.78. The normalized spacial score (nSPS) is 31.2. The molecule has 2 amide bonds. The van der Waals surface area contributed by atoms with Crippen LogP contribution in [0.4, 0.5) is 0 Å². The van der Waals surface area contributed by atoms with E-state index in [0.717, 1.165) is 5.57 Å². The number of ether oxygens (including phenoxy) is 1. The summed E-state index contributed by atoms with van der Waals surface area (Å²) < 4.78 is 11.3. The Morgan fingerprint density at radius 1 is 1.15 bits per heavy atom. The molecule has 1 fully saturated rings. The Kier molecular flexibility index (Phi) is 10.4. The van der Waals surface area contributed by atoms with Crippen LogP contribution in [0.25, 0.3) is 0 Å². The molecule has 39 heavy (non-hydrogen) atoms. The summed E-state index contributed by atoms with van der Waals surface area (Å²) in [7, 11) is 0. The number of aromatic nitrogens is 1. The lowest BCUT2D eigenvalue weighted by atomic mass is 9.93. The standard InChI is InChI=1S/C29H39N3O7/c1-17(2)27-20(5)8-9-24(35)30-11-6-7-18(3)13-21(33)14-22(34)15-25-31-23(16-38-25)28(36)32-12-10-19(4)26(32)29(37)39-27/h6-9,13,16-17,19-21,26-27,33H,10-12,14-15H2,1-5H3,(H,30,35)/b7-6+,9-8+,18-13+/t19?,20-,21-,26-,27-/m1/s1. The molecule has 0 saturated carbocycles. The van der Waals surface area contributed by atoms with Crippen molar-refractivity contribution in [3.8, 4) is 0 Å². The van der Waals surface area contributed by atoms with E-state index in [1.54, 1.807) is 31.2 Å². The van der Waals surface area contributed by atoms with Gasteiger partial charge in [0, 0.05) is 25.4 Å². The molecular formula is C29H39N3O7. The van der Waals surface area contributed by atoms with Crippen molar-refractivity contribution < 1.29 is 33.4 Å². The van der Waals surface area contributed by atoms with Crippen molar-refractivity contribution in [3.05, 3.63) is 53.8 Å². The summed E-state index contributed by atoms with van der Waals surface area (Å²) in [6.07, 6.45) is 8.14. The fraction of sp³-hybridized carbons (Fsp3) is 0.552. The second-order valence-electron chi connectivity index (χ2n) is 10.7. The number of fused-ring (bicyclic) bond motifs is 3. The number of carbonyl (C=O) groups excluding carboxylic acids is 4. The van der Waals surface area contributed by atoms with Crippen molar-refractivity contribution >= 4 is 23.6 Å². The number of allylic oxidation sites excluding steroid dienone is 2. The summed E-state index contributed by atoms with van der Waals surface area (Å²) in [5.41, 5.74) is 0.735. The van der Waals surface area contributed by atoms with Gasteiger partial charge in [0.15, 0.2) is 5.69 Å². The van der Waals surface area contributed by atoms with Gasteiger partial charge in [0.2, 0.25) is 11.8 Å². The number of Topliss-reactive ketones (excluding diaryl/α,β-unsaturated/α-hetero) is 1. The van der Waals surface area contributed by atoms with Crippen LogP contribution >= 0.6 is 0 Å². The Labute approximate surface area is 229 Å². The van der Waals surface area contributed by atoms with Gasteiger partial charge < -0.3 is 24.5 Å². The fourth-order valence-corrected chi connectivity index (χ4v) is 4.93. The number of ketones is 1. The molecule has 2 aliphatic heterocycles. The molecule has 10 heteroatoms. The lowest BCUT2D eigenvalue weighted by molar-refractivity contribution is -0.159. The first kappa shape index (κ1) is 30.0. The largest absolute Gasteiger partial charge is 0.460 e. The molecule has 3 heterocycles. The van der Waals surface area contributed by atoms with Crippen LogP contribution in [-0.4, -0.2) is 69.9 Å². The first-order valence-corrected chi connectivity index (χ1v) is 13.4. The predicted molar refractivity (Wildman–Crippen MR) is 143 cm³/mol. The Morgan fingerprint density at radius 3 is 2.62 bits per heavy atom. The third-order valence-corrected chi connectivity index (χ3v) is 6.97. The molecule has 1 aromatic heterocycles. The summed E-state index contributed by atoms with van der Waals surface area (Å²) >= 11 is 0. The Balaban J connectivity index is 1.89. The third kappa shape index (κ3) is 8.23. The summed E-state index contributed by atoms with van der Waals surface area (Å²) in [4.78, 5) is 57.1. The molecule has 3 rings (SSSR count).